The molecule has 3 aromatic rings. The van der Waals surface area contributed by atoms with Crippen molar-refractivity contribution in [2.75, 3.05) is 10.7 Å². The number of hydrazone groups is 1. The van der Waals surface area contributed by atoms with Crippen LogP contribution in [0.2, 0.25) is 5.02 Å². The number of aryl methyl sites for hydroxylation is 2. The molecule has 0 saturated carbocycles. The molecule has 0 aliphatic carbocycles. The van der Waals surface area contributed by atoms with Crippen LogP contribution in [0.3, 0.4) is 0 Å². The van der Waals surface area contributed by atoms with E-state index in [9.17, 15) is 0 Å². The highest BCUT2D eigenvalue weighted by Gasteiger charge is 2.31. The van der Waals surface area contributed by atoms with Gasteiger partial charge in [0.1, 0.15) is 5.04 Å². The van der Waals surface area contributed by atoms with Crippen LogP contribution in [0, 0.1) is 13.8 Å². The number of hydrogen-bond acceptors (Lipinski definition) is 7. The van der Waals surface area contributed by atoms with Crippen LogP contribution in [0.1, 0.15) is 29.9 Å². The van der Waals surface area contributed by atoms with Crippen molar-refractivity contribution in [1.29, 1.82) is 0 Å². The number of hydrogen-bond donors (Lipinski definition) is 2. The van der Waals surface area contributed by atoms with Gasteiger partial charge in [0.2, 0.25) is 0 Å². The largest absolute Gasteiger partial charge is 0.399 e. The fraction of sp³-hybridized carbons (Fsp3) is 0.316. The first-order valence-corrected chi connectivity index (χ1v) is 10.5. The number of nitrogen functional groups attached to an aromatic ring is 1. The van der Waals surface area contributed by atoms with Crippen molar-refractivity contribution in [1.82, 2.24) is 19.6 Å². The number of nitrogens with two attached hydrogens (primary N) is 2. The Labute approximate surface area is 178 Å². The molecule has 2 unspecified atom stereocenters. The van der Waals surface area contributed by atoms with Crippen molar-refractivity contribution >= 4 is 39.9 Å². The molecule has 152 valence electrons. The average molecular weight is 431 g/mol. The first kappa shape index (κ1) is 19.8. The molecule has 29 heavy (non-hydrogen) atoms. The Bertz CT molecular complexity index is 1070. The molecule has 2 aromatic heterocycles. The maximum atomic E-state index is 6.32. The van der Waals surface area contributed by atoms with Crippen LogP contribution >= 0.6 is 23.4 Å². The summed E-state index contributed by atoms with van der Waals surface area (Å²) < 4.78 is 3.77. The molecule has 10 heteroatoms. The van der Waals surface area contributed by atoms with E-state index in [4.69, 9.17) is 28.2 Å². The van der Waals surface area contributed by atoms with Gasteiger partial charge in [0.05, 0.1) is 18.3 Å². The third-order valence-corrected chi connectivity index (χ3v) is 6.20. The number of halogens is 1. The van der Waals surface area contributed by atoms with E-state index in [0.717, 1.165) is 22.0 Å². The molecule has 0 amide bonds. The summed E-state index contributed by atoms with van der Waals surface area (Å²) in [4.78, 5) is 0. The summed E-state index contributed by atoms with van der Waals surface area (Å²) in [6.07, 6.45) is 1.88. The molecule has 1 aliphatic heterocycles. The maximum Gasteiger partial charge on any atom is 0.173 e. The van der Waals surface area contributed by atoms with Crippen molar-refractivity contribution in [3.8, 4) is 0 Å². The van der Waals surface area contributed by atoms with E-state index in [0.29, 0.717) is 23.1 Å². The van der Waals surface area contributed by atoms with E-state index >= 15 is 0 Å². The average Bonchev–Trinajstić information content (AvgIpc) is 3.36. The quantitative estimate of drug-likeness (QED) is 0.601. The Balaban J connectivity index is 1.54. The van der Waals surface area contributed by atoms with Crippen LogP contribution in [-0.4, -0.2) is 30.1 Å². The Morgan fingerprint density at radius 3 is 2.72 bits per heavy atom. The summed E-state index contributed by atoms with van der Waals surface area (Å²) in [5, 5.41) is 17.2. The van der Waals surface area contributed by atoms with E-state index in [-0.39, 0.29) is 11.5 Å². The molecule has 3 heterocycles. The molecule has 8 nitrogen and oxygen atoms in total. The van der Waals surface area contributed by atoms with Crippen LogP contribution in [0.5, 0.6) is 0 Å². The molecule has 2 atom stereocenters. The lowest BCUT2D eigenvalue weighted by molar-refractivity contribution is 0.591. The lowest BCUT2D eigenvalue weighted by Crippen LogP contribution is -2.32. The lowest BCUT2D eigenvalue weighted by Gasteiger charge is -2.15. The molecule has 4 rings (SSSR count). The maximum absolute atomic E-state index is 6.32. The number of rotatable bonds is 5. The molecule has 0 spiro atoms. The van der Waals surface area contributed by atoms with Crippen molar-refractivity contribution in [3.63, 3.8) is 0 Å². The molecular formula is C19H23ClN8S. The molecular weight excluding hydrogens is 408 g/mol. The number of aromatic nitrogens is 4. The van der Waals surface area contributed by atoms with Gasteiger partial charge in [-0.3, -0.25) is 9.36 Å². The zero-order valence-electron chi connectivity index (χ0n) is 16.5. The first-order chi connectivity index (χ1) is 13.8. The van der Waals surface area contributed by atoms with E-state index in [1.54, 1.807) is 21.8 Å². The fourth-order valence-electron chi connectivity index (χ4n) is 3.32. The normalized spacial score (nSPS) is 17.6. The van der Waals surface area contributed by atoms with Gasteiger partial charge in [-0.2, -0.15) is 15.3 Å². The first-order valence-electron chi connectivity index (χ1n) is 9.22. The Kier molecular flexibility index (Phi) is 5.28. The molecule has 0 saturated heterocycles. The highest BCUT2D eigenvalue weighted by molar-refractivity contribution is 8.14. The highest BCUT2D eigenvalue weighted by Crippen LogP contribution is 2.32. The number of thioether (sulfide) groups is 1. The van der Waals surface area contributed by atoms with Crippen LogP contribution in [0.4, 0.5) is 11.5 Å². The van der Waals surface area contributed by atoms with Crippen molar-refractivity contribution in [2.45, 2.75) is 38.9 Å². The second-order valence-electron chi connectivity index (χ2n) is 7.06. The highest BCUT2D eigenvalue weighted by atomic mass is 35.5. The minimum Gasteiger partial charge on any atom is -0.399 e. The monoisotopic (exact) mass is 430 g/mol. The van der Waals surface area contributed by atoms with Gasteiger partial charge in [-0.15, -0.1) is 0 Å². The van der Waals surface area contributed by atoms with Crippen molar-refractivity contribution in [3.05, 3.63) is 58.5 Å². The van der Waals surface area contributed by atoms with E-state index in [1.807, 2.05) is 36.9 Å². The van der Waals surface area contributed by atoms with Gasteiger partial charge in [0.25, 0.3) is 0 Å². The summed E-state index contributed by atoms with van der Waals surface area (Å²) in [6, 6.07) is 9.37. The second kappa shape index (κ2) is 7.74. The van der Waals surface area contributed by atoms with Crippen molar-refractivity contribution in [2.24, 2.45) is 10.8 Å². The summed E-state index contributed by atoms with van der Waals surface area (Å²) >= 11 is 7.78. The molecule has 0 radical (unpaired) electrons. The van der Waals surface area contributed by atoms with E-state index in [2.05, 4.69) is 23.2 Å². The fourth-order valence-corrected chi connectivity index (χ4v) is 4.43. The van der Waals surface area contributed by atoms with Gasteiger partial charge in [0, 0.05) is 28.7 Å². The molecule has 0 bridgehead atoms. The standard InChI is InChI=1S/C19H23ClN8S/c1-11-8-12(2)27(23-11)13(3)18-25-28(19(22)29-18)17-6-7-26(24-17)10-14-9-15(21)4-5-16(14)20/h4-9,13,19H,10,21-22H2,1-3H3. The Morgan fingerprint density at radius 2 is 2.00 bits per heavy atom. The van der Waals surface area contributed by atoms with Crippen molar-refractivity contribution < 1.29 is 0 Å². The zero-order valence-corrected chi connectivity index (χ0v) is 18.0. The van der Waals surface area contributed by atoms with Gasteiger partial charge < -0.3 is 11.5 Å². The van der Waals surface area contributed by atoms with Gasteiger partial charge in [-0.05, 0) is 50.6 Å². The zero-order chi connectivity index (χ0) is 20.7. The Hall–Kier alpha value is -2.49. The number of anilines is 2. The van der Waals surface area contributed by atoms with Crippen LogP contribution < -0.4 is 16.5 Å². The molecule has 1 aromatic carbocycles. The summed E-state index contributed by atoms with van der Waals surface area (Å²) in [7, 11) is 0. The van der Waals surface area contributed by atoms with E-state index in [1.165, 1.54) is 11.8 Å². The predicted octanol–water partition coefficient (Wildman–Crippen LogP) is 3.35. The summed E-state index contributed by atoms with van der Waals surface area (Å²) in [6.45, 7) is 6.61. The minimum absolute atomic E-state index is 0.00191. The molecule has 4 N–H and O–H groups in total. The third-order valence-electron chi connectivity index (χ3n) is 4.72. The lowest BCUT2D eigenvalue weighted by atomic mass is 10.2. The SMILES string of the molecule is Cc1cc(C)n(C(C)C2=NN(c3ccn(Cc4cc(N)ccc4Cl)n3)C(N)S2)n1. The number of benzene rings is 1. The molecule has 0 fully saturated rings. The summed E-state index contributed by atoms with van der Waals surface area (Å²) in [5.74, 6) is 0.681. The molecule has 1 aliphatic rings. The number of nitrogens with zero attached hydrogens (tertiary/aromatic N) is 6. The smallest absolute Gasteiger partial charge is 0.173 e. The van der Waals surface area contributed by atoms with E-state index < -0.39 is 0 Å². The van der Waals surface area contributed by atoms with Crippen LogP contribution in [0.25, 0.3) is 0 Å². The van der Waals surface area contributed by atoms with Gasteiger partial charge >= 0.3 is 0 Å². The summed E-state index contributed by atoms with van der Waals surface area (Å²) in [5.41, 5.74) is 15.5. The third kappa shape index (κ3) is 3.98. The van der Waals surface area contributed by atoms with Crippen LogP contribution in [-0.2, 0) is 6.54 Å². The van der Waals surface area contributed by atoms with Gasteiger partial charge in [-0.1, -0.05) is 23.4 Å². The second-order valence-corrected chi connectivity index (χ2v) is 8.61. The minimum atomic E-state index is -0.344. The van der Waals surface area contributed by atoms with Crippen LogP contribution in [0.15, 0.2) is 41.6 Å². The Morgan fingerprint density at radius 1 is 1.21 bits per heavy atom. The predicted molar refractivity (Wildman–Crippen MR) is 119 cm³/mol. The van der Waals surface area contributed by atoms with Gasteiger partial charge in [-0.25, -0.2) is 5.01 Å². The van der Waals surface area contributed by atoms with Gasteiger partial charge in [0.15, 0.2) is 11.3 Å². The topological polar surface area (TPSA) is 103 Å².